The monoisotopic (exact) mass is 297 g/mol. The van der Waals surface area contributed by atoms with E-state index in [-0.39, 0.29) is 10.6 Å². The Morgan fingerprint density at radius 2 is 2.00 bits per heavy atom. The summed E-state index contributed by atoms with van der Waals surface area (Å²) in [6, 6.07) is 8.49. The number of hydrogen-bond acceptors (Lipinski definition) is 3. The van der Waals surface area contributed by atoms with Gasteiger partial charge >= 0.3 is 0 Å². The Labute approximate surface area is 115 Å². The van der Waals surface area contributed by atoms with E-state index in [0.717, 1.165) is 11.5 Å². The van der Waals surface area contributed by atoms with E-state index in [1.165, 1.54) is 36.5 Å². The molecule has 2 rings (SSSR count). The minimum Gasteiger partial charge on any atom is -0.254 e. The minimum absolute atomic E-state index is 0.0342. The Hall–Kier alpha value is -1.72. The van der Waals surface area contributed by atoms with Crippen LogP contribution in [0.4, 0.5) is 4.39 Å². The number of nitrogens with zero attached hydrogens (tertiary/aromatic N) is 1. The second-order valence-corrected chi connectivity index (χ2v) is 5.95. The first-order valence-corrected chi connectivity index (χ1v) is 7.21. The zero-order valence-corrected chi connectivity index (χ0v) is 11.2. The van der Waals surface area contributed by atoms with Crippen molar-refractivity contribution in [2.24, 2.45) is 0 Å². The third-order valence-electron chi connectivity index (χ3n) is 2.32. The standard InChI is InChI=1S/C13H9ClFNO2S/c14-10-3-1-4-11(9-10)19(17,18)8-6-13-12(15)5-2-7-16-13/h1-9H/b8-6+. The van der Waals surface area contributed by atoms with Crippen molar-refractivity contribution in [3.8, 4) is 0 Å². The van der Waals surface area contributed by atoms with Gasteiger partial charge in [0.2, 0.25) is 0 Å². The SMILES string of the molecule is O=S(=O)(/C=C/c1ncccc1F)c1cccc(Cl)c1. The fourth-order valence-corrected chi connectivity index (χ4v) is 2.68. The fraction of sp³-hybridized carbons (Fsp3) is 0. The van der Waals surface area contributed by atoms with Crippen LogP contribution in [0.25, 0.3) is 6.08 Å². The highest BCUT2D eigenvalue weighted by molar-refractivity contribution is 7.94. The smallest absolute Gasteiger partial charge is 0.199 e. The Morgan fingerprint density at radius 3 is 2.68 bits per heavy atom. The molecule has 1 aromatic carbocycles. The van der Waals surface area contributed by atoms with E-state index in [0.29, 0.717) is 5.02 Å². The Morgan fingerprint density at radius 1 is 1.21 bits per heavy atom. The van der Waals surface area contributed by atoms with Gasteiger partial charge in [-0.15, -0.1) is 0 Å². The number of aromatic nitrogens is 1. The van der Waals surface area contributed by atoms with Gasteiger partial charge in [-0.1, -0.05) is 17.7 Å². The predicted octanol–water partition coefficient (Wildman–Crippen LogP) is 3.32. The average molecular weight is 298 g/mol. The highest BCUT2D eigenvalue weighted by Gasteiger charge is 2.11. The molecule has 0 fully saturated rings. The molecule has 0 aliphatic rings. The molecule has 6 heteroatoms. The molecule has 0 N–H and O–H groups in total. The molecule has 0 bridgehead atoms. The lowest BCUT2D eigenvalue weighted by atomic mass is 10.3. The van der Waals surface area contributed by atoms with E-state index in [2.05, 4.69) is 4.98 Å². The third-order valence-corrected chi connectivity index (χ3v) is 3.96. The van der Waals surface area contributed by atoms with Gasteiger partial charge in [-0.3, -0.25) is 4.98 Å². The van der Waals surface area contributed by atoms with E-state index < -0.39 is 15.7 Å². The summed E-state index contributed by atoms with van der Waals surface area (Å²) in [6.07, 6.45) is 2.50. The van der Waals surface area contributed by atoms with Crippen LogP contribution in [0.2, 0.25) is 5.02 Å². The molecule has 1 aromatic heterocycles. The molecule has 3 nitrogen and oxygen atoms in total. The number of rotatable bonds is 3. The Balaban J connectivity index is 2.35. The van der Waals surface area contributed by atoms with Crippen molar-refractivity contribution < 1.29 is 12.8 Å². The van der Waals surface area contributed by atoms with Gasteiger partial charge in [-0.2, -0.15) is 0 Å². The van der Waals surface area contributed by atoms with E-state index in [1.807, 2.05) is 0 Å². The zero-order chi connectivity index (χ0) is 13.9. The molecule has 0 amide bonds. The maximum absolute atomic E-state index is 13.3. The highest BCUT2D eigenvalue weighted by atomic mass is 35.5. The van der Waals surface area contributed by atoms with Gasteiger partial charge in [0, 0.05) is 16.6 Å². The van der Waals surface area contributed by atoms with Gasteiger partial charge < -0.3 is 0 Å². The summed E-state index contributed by atoms with van der Waals surface area (Å²) in [4.78, 5) is 3.79. The van der Waals surface area contributed by atoms with Crippen LogP contribution in [0.3, 0.4) is 0 Å². The largest absolute Gasteiger partial charge is 0.254 e. The normalized spacial score (nSPS) is 11.9. The first kappa shape index (κ1) is 13.7. The van der Waals surface area contributed by atoms with Crippen molar-refractivity contribution in [1.29, 1.82) is 0 Å². The Bertz CT molecular complexity index is 729. The van der Waals surface area contributed by atoms with E-state index in [4.69, 9.17) is 11.6 Å². The molecule has 2 aromatic rings. The van der Waals surface area contributed by atoms with Crippen LogP contribution >= 0.6 is 11.6 Å². The van der Waals surface area contributed by atoms with Gasteiger partial charge in [0.05, 0.1) is 10.6 Å². The number of benzene rings is 1. The van der Waals surface area contributed by atoms with E-state index in [9.17, 15) is 12.8 Å². The number of halogens is 2. The molecular formula is C13H9ClFNO2S. The maximum Gasteiger partial charge on any atom is 0.199 e. The zero-order valence-electron chi connectivity index (χ0n) is 9.62. The molecule has 0 aliphatic heterocycles. The van der Waals surface area contributed by atoms with Crippen LogP contribution in [0.15, 0.2) is 52.9 Å². The minimum atomic E-state index is -3.67. The lowest BCUT2D eigenvalue weighted by Gasteiger charge is -1.99. The summed E-state index contributed by atoms with van der Waals surface area (Å²) >= 11 is 5.73. The van der Waals surface area contributed by atoms with Gasteiger partial charge in [-0.05, 0) is 36.4 Å². The first-order valence-electron chi connectivity index (χ1n) is 5.28. The lowest BCUT2D eigenvalue weighted by Crippen LogP contribution is -1.96. The number of sulfone groups is 1. The summed E-state index contributed by atoms with van der Waals surface area (Å²) in [5, 5.41) is 1.22. The summed E-state index contributed by atoms with van der Waals surface area (Å²) < 4.78 is 37.2. The second-order valence-electron chi connectivity index (χ2n) is 3.68. The molecule has 0 spiro atoms. The lowest BCUT2D eigenvalue weighted by molar-refractivity contribution is 0.604. The van der Waals surface area contributed by atoms with Crippen molar-refractivity contribution >= 4 is 27.5 Å². The number of pyridine rings is 1. The van der Waals surface area contributed by atoms with Crippen molar-refractivity contribution in [1.82, 2.24) is 4.98 Å². The van der Waals surface area contributed by atoms with Gasteiger partial charge in [-0.25, -0.2) is 12.8 Å². The molecule has 0 atom stereocenters. The topological polar surface area (TPSA) is 47.0 Å². The summed E-state index contributed by atoms with van der Waals surface area (Å²) in [7, 11) is -3.67. The molecule has 0 unspecified atom stereocenters. The van der Waals surface area contributed by atoms with Gasteiger partial charge in [0.15, 0.2) is 9.84 Å². The predicted molar refractivity (Wildman–Crippen MR) is 71.9 cm³/mol. The number of hydrogen-bond donors (Lipinski definition) is 0. The van der Waals surface area contributed by atoms with Crippen LogP contribution in [0.1, 0.15) is 5.69 Å². The van der Waals surface area contributed by atoms with E-state index >= 15 is 0 Å². The molecule has 0 radical (unpaired) electrons. The van der Waals surface area contributed by atoms with Crippen LogP contribution in [-0.4, -0.2) is 13.4 Å². The first-order chi connectivity index (χ1) is 8.99. The van der Waals surface area contributed by atoms with Crippen molar-refractivity contribution in [3.05, 3.63) is 64.5 Å². The third kappa shape index (κ3) is 3.39. The molecule has 1 heterocycles. The van der Waals surface area contributed by atoms with E-state index in [1.54, 1.807) is 6.07 Å². The highest BCUT2D eigenvalue weighted by Crippen LogP contribution is 2.18. The van der Waals surface area contributed by atoms with Gasteiger partial charge in [0.1, 0.15) is 5.82 Å². The molecule has 0 saturated heterocycles. The van der Waals surface area contributed by atoms with Crippen LogP contribution < -0.4 is 0 Å². The van der Waals surface area contributed by atoms with Crippen LogP contribution in [-0.2, 0) is 9.84 Å². The summed E-state index contributed by atoms with van der Waals surface area (Å²) in [6.45, 7) is 0. The van der Waals surface area contributed by atoms with Crippen molar-refractivity contribution in [3.63, 3.8) is 0 Å². The second kappa shape index (κ2) is 5.50. The quantitative estimate of drug-likeness (QED) is 0.873. The molecule has 19 heavy (non-hydrogen) atoms. The van der Waals surface area contributed by atoms with Crippen molar-refractivity contribution in [2.75, 3.05) is 0 Å². The average Bonchev–Trinajstić information content (AvgIpc) is 2.38. The summed E-state index contributed by atoms with van der Waals surface area (Å²) in [5.74, 6) is -0.583. The molecule has 98 valence electrons. The molecule has 0 saturated carbocycles. The Kier molecular flexibility index (Phi) is 3.97. The van der Waals surface area contributed by atoms with Gasteiger partial charge in [0.25, 0.3) is 0 Å². The fourth-order valence-electron chi connectivity index (χ4n) is 1.40. The molecule has 0 aliphatic carbocycles. The maximum atomic E-state index is 13.3. The summed E-state index contributed by atoms with van der Waals surface area (Å²) in [5.41, 5.74) is -0.0342. The van der Waals surface area contributed by atoms with Crippen LogP contribution in [0.5, 0.6) is 0 Å². The molecular weight excluding hydrogens is 289 g/mol. The van der Waals surface area contributed by atoms with Crippen LogP contribution in [0, 0.1) is 5.82 Å². The van der Waals surface area contributed by atoms with Crippen molar-refractivity contribution in [2.45, 2.75) is 4.90 Å².